The molecule has 0 bridgehead atoms. The number of aliphatic hydroxyl groups excluding tert-OH is 5. The normalized spacial score (nSPS) is 15.8. The second-order valence-corrected chi connectivity index (χ2v) is 7.20. The van der Waals surface area contributed by atoms with Crippen LogP contribution < -0.4 is 0 Å². The molecule has 9 heteroatoms. The van der Waals surface area contributed by atoms with Gasteiger partial charge in [-0.25, -0.2) is 4.79 Å². The molecule has 0 aliphatic carbocycles. The molecule has 6 N–H and O–H groups in total. The van der Waals surface area contributed by atoms with Crippen molar-refractivity contribution in [3.8, 4) is 0 Å². The van der Waals surface area contributed by atoms with Crippen LogP contribution in [0.3, 0.4) is 0 Å². The third-order valence-corrected chi connectivity index (χ3v) is 4.10. The van der Waals surface area contributed by atoms with E-state index in [1.807, 2.05) is 6.92 Å². The summed E-state index contributed by atoms with van der Waals surface area (Å²) >= 11 is 0. The second kappa shape index (κ2) is 15.8. The molecule has 0 saturated carbocycles. The number of aliphatic hydroxyl groups is 5. The summed E-state index contributed by atoms with van der Waals surface area (Å²) in [6.07, 6.45) is -1.35. The minimum atomic E-state index is -0.978. The molecule has 0 radical (unpaired) electrons. The summed E-state index contributed by atoms with van der Waals surface area (Å²) < 4.78 is 10.9. The molecule has 28 heavy (non-hydrogen) atoms. The van der Waals surface area contributed by atoms with Gasteiger partial charge < -0.3 is 40.1 Å². The molecule has 0 aromatic heterocycles. The van der Waals surface area contributed by atoms with Crippen molar-refractivity contribution in [2.24, 2.45) is 5.41 Å². The maximum Gasteiger partial charge on any atom is 0.330 e. The smallest absolute Gasteiger partial charge is 0.330 e. The van der Waals surface area contributed by atoms with E-state index in [0.717, 1.165) is 0 Å². The van der Waals surface area contributed by atoms with Crippen molar-refractivity contribution in [1.82, 2.24) is 0 Å². The highest BCUT2D eigenvalue weighted by molar-refractivity contribution is 5.84. The zero-order valence-corrected chi connectivity index (χ0v) is 17.4. The van der Waals surface area contributed by atoms with Gasteiger partial charge in [0.15, 0.2) is 0 Å². The van der Waals surface area contributed by atoms with Crippen LogP contribution in [0.1, 0.15) is 40.5 Å². The summed E-state index contributed by atoms with van der Waals surface area (Å²) in [6.45, 7) is 9.27. The molecule has 0 aliphatic heterocycles. The molecule has 0 amide bonds. The van der Waals surface area contributed by atoms with Crippen molar-refractivity contribution in [3.05, 3.63) is 12.2 Å². The van der Waals surface area contributed by atoms with Gasteiger partial charge in [0, 0.05) is 11.0 Å². The fourth-order valence-corrected chi connectivity index (χ4v) is 1.83. The van der Waals surface area contributed by atoms with Crippen LogP contribution in [0.5, 0.6) is 0 Å². The molecule has 168 valence electrons. The monoisotopic (exact) mass is 410 g/mol. The Morgan fingerprint density at radius 2 is 1.46 bits per heavy atom. The number of aliphatic carboxylic acids is 1. The third kappa shape index (κ3) is 14.0. The van der Waals surface area contributed by atoms with Crippen LogP contribution in [0.2, 0.25) is 0 Å². The largest absolute Gasteiger partial charge is 0.478 e. The van der Waals surface area contributed by atoms with E-state index in [-0.39, 0.29) is 44.7 Å². The third-order valence-electron chi connectivity index (χ3n) is 4.10. The van der Waals surface area contributed by atoms with E-state index in [2.05, 4.69) is 6.58 Å². The van der Waals surface area contributed by atoms with Crippen LogP contribution in [-0.2, 0) is 14.3 Å². The highest BCUT2D eigenvalue weighted by atomic mass is 16.5. The van der Waals surface area contributed by atoms with Crippen molar-refractivity contribution in [1.29, 1.82) is 0 Å². The Morgan fingerprint density at radius 1 is 1.00 bits per heavy atom. The van der Waals surface area contributed by atoms with Crippen LogP contribution in [0, 0.1) is 5.41 Å². The fraction of sp³-hybridized carbons (Fsp3) is 0.842. The van der Waals surface area contributed by atoms with E-state index in [1.165, 1.54) is 6.92 Å². The van der Waals surface area contributed by atoms with Gasteiger partial charge in [0.1, 0.15) is 0 Å². The zero-order chi connectivity index (χ0) is 22.3. The quantitative estimate of drug-likeness (QED) is 0.216. The lowest BCUT2D eigenvalue weighted by Crippen LogP contribution is -2.37. The second-order valence-electron chi connectivity index (χ2n) is 7.20. The average molecular weight is 411 g/mol. The van der Waals surface area contributed by atoms with E-state index in [9.17, 15) is 25.2 Å². The SMILES string of the molecule is C=C(C)C(=O)O.CC(O)COC(C)COC(C)C(O)CCC(CO)(CO)CO. The van der Waals surface area contributed by atoms with E-state index < -0.39 is 29.7 Å². The molecule has 0 saturated heterocycles. The lowest BCUT2D eigenvalue weighted by Gasteiger charge is -2.29. The van der Waals surface area contributed by atoms with Crippen molar-refractivity contribution >= 4 is 5.97 Å². The Labute approximate surface area is 167 Å². The van der Waals surface area contributed by atoms with Crippen molar-refractivity contribution < 1.29 is 44.9 Å². The molecule has 0 rings (SSSR count). The van der Waals surface area contributed by atoms with Gasteiger partial charge in [-0.15, -0.1) is 0 Å². The summed E-state index contributed by atoms with van der Waals surface area (Å²) in [5, 5.41) is 54.8. The first kappa shape index (κ1) is 29.1. The Kier molecular flexibility index (Phi) is 16.4. The summed E-state index contributed by atoms with van der Waals surface area (Å²) in [4.78, 5) is 9.60. The molecule has 9 nitrogen and oxygen atoms in total. The number of carboxylic acids is 1. The molecule has 0 fully saturated rings. The lowest BCUT2D eigenvalue weighted by molar-refractivity contribution is -0.132. The standard InChI is InChI=1S/C15H32O7.C4H6O2/c1-11(19)6-21-12(2)7-22-13(3)14(20)4-5-15(8-16,9-17)10-18;1-3(2)4(5)6/h11-14,16-20H,4-10H2,1-3H3;1H2,2H3,(H,5,6). The van der Waals surface area contributed by atoms with E-state index >= 15 is 0 Å². The topological polar surface area (TPSA) is 157 Å². The van der Waals surface area contributed by atoms with Crippen LogP contribution >= 0.6 is 0 Å². The van der Waals surface area contributed by atoms with Crippen LogP contribution in [0.25, 0.3) is 0 Å². The molecule has 4 atom stereocenters. The lowest BCUT2D eigenvalue weighted by atomic mass is 9.84. The highest BCUT2D eigenvalue weighted by Crippen LogP contribution is 2.24. The molecule has 0 aromatic rings. The van der Waals surface area contributed by atoms with Crippen molar-refractivity contribution in [2.45, 2.75) is 65.0 Å². The summed E-state index contributed by atoms with van der Waals surface area (Å²) in [6, 6.07) is 0. The van der Waals surface area contributed by atoms with E-state index in [0.29, 0.717) is 12.8 Å². The Bertz CT molecular complexity index is 401. The molecular formula is C19H38O9. The zero-order valence-electron chi connectivity index (χ0n) is 17.4. The average Bonchev–Trinajstić information content (AvgIpc) is 2.66. The minimum Gasteiger partial charge on any atom is -0.478 e. The van der Waals surface area contributed by atoms with Gasteiger partial charge in [0.25, 0.3) is 0 Å². The van der Waals surface area contributed by atoms with Crippen LogP contribution in [-0.4, -0.2) is 94.1 Å². The number of hydrogen-bond acceptors (Lipinski definition) is 8. The van der Waals surface area contributed by atoms with Gasteiger partial charge in [0.2, 0.25) is 0 Å². The maximum absolute atomic E-state index is 10.0. The summed E-state index contributed by atoms with van der Waals surface area (Å²) in [5.41, 5.74) is -0.802. The summed E-state index contributed by atoms with van der Waals surface area (Å²) in [5.74, 6) is -0.935. The number of hydrogen-bond donors (Lipinski definition) is 6. The molecule has 0 heterocycles. The Morgan fingerprint density at radius 3 is 1.82 bits per heavy atom. The molecule has 0 spiro atoms. The first-order chi connectivity index (χ1) is 12.9. The fourth-order valence-electron chi connectivity index (χ4n) is 1.83. The number of carboxylic acid groups (broad SMARTS) is 1. The van der Waals surface area contributed by atoms with Crippen molar-refractivity contribution in [2.75, 3.05) is 33.0 Å². The van der Waals surface area contributed by atoms with E-state index in [4.69, 9.17) is 19.7 Å². The molecular weight excluding hydrogens is 372 g/mol. The summed E-state index contributed by atoms with van der Waals surface area (Å²) in [7, 11) is 0. The van der Waals surface area contributed by atoms with Gasteiger partial charge in [0.05, 0.1) is 57.5 Å². The Balaban J connectivity index is 0. The van der Waals surface area contributed by atoms with Gasteiger partial charge >= 0.3 is 5.97 Å². The molecule has 4 unspecified atom stereocenters. The Hall–Kier alpha value is -1.07. The first-order valence-corrected chi connectivity index (χ1v) is 9.25. The molecule has 0 aliphatic rings. The minimum absolute atomic E-state index is 0.176. The van der Waals surface area contributed by atoms with Crippen LogP contribution in [0.4, 0.5) is 0 Å². The van der Waals surface area contributed by atoms with Gasteiger partial charge in [-0.3, -0.25) is 0 Å². The van der Waals surface area contributed by atoms with Crippen molar-refractivity contribution in [3.63, 3.8) is 0 Å². The molecule has 0 aromatic carbocycles. The predicted molar refractivity (Wildman–Crippen MR) is 104 cm³/mol. The van der Waals surface area contributed by atoms with Gasteiger partial charge in [-0.1, -0.05) is 6.58 Å². The van der Waals surface area contributed by atoms with Crippen LogP contribution in [0.15, 0.2) is 12.2 Å². The first-order valence-electron chi connectivity index (χ1n) is 9.25. The maximum atomic E-state index is 10.0. The van der Waals surface area contributed by atoms with Gasteiger partial charge in [-0.2, -0.15) is 0 Å². The number of carbonyl (C=O) groups is 1. The van der Waals surface area contributed by atoms with Gasteiger partial charge in [-0.05, 0) is 40.5 Å². The predicted octanol–water partition coefficient (Wildman–Crippen LogP) is -0.0711. The highest BCUT2D eigenvalue weighted by Gasteiger charge is 2.29. The number of ether oxygens (including phenoxy) is 2. The number of rotatable bonds is 14. The van der Waals surface area contributed by atoms with E-state index in [1.54, 1.807) is 13.8 Å².